The number of para-hydroxylation sites is 1. The standard InChI is InChI=1S/C27H29BrN2O3/c1-16-13-18(10-11-21(16)28)29-24(31)15-33-26(32)25-19-7-5-6-8-22(19)30-23-12-9-17(14-20(23)25)27(2,3)4/h5-8,10-11,13,17H,9,12,14-15H2,1-4H3,(H,29,31). The van der Waals surface area contributed by atoms with Crippen molar-refractivity contribution in [3.63, 3.8) is 0 Å². The molecular formula is C27H29BrN2O3. The Labute approximate surface area is 203 Å². The van der Waals surface area contributed by atoms with Crippen LogP contribution >= 0.6 is 15.9 Å². The van der Waals surface area contributed by atoms with Crippen molar-refractivity contribution in [2.45, 2.75) is 47.0 Å². The van der Waals surface area contributed by atoms with E-state index in [0.717, 1.165) is 51.5 Å². The van der Waals surface area contributed by atoms with Gasteiger partial charge in [-0.25, -0.2) is 4.79 Å². The van der Waals surface area contributed by atoms with Crippen LogP contribution in [0.5, 0.6) is 0 Å². The Bertz CT molecular complexity index is 1230. The molecule has 0 aliphatic heterocycles. The average Bonchev–Trinajstić information content (AvgIpc) is 2.77. The lowest BCUT2D eigenvalue weighted by atomic mass is 9.70. The van der Waals surface area contributed by atoms with Gasteiger partial charge in [-0.3, -0.25) is 9.78 Å². The first-order valence-corrected chi connectivity index (χ1v) is 12.1. The minimum absolute atomic E-state index is 0.132. The quantitative estimate of drug-likeness (QED) is 0.422. The van der Waals surface area contributed by atoms with Gasteiger partial charge in [0.2, 0.25) is 0 Å². The summed E-state index contributed by atoms with van der Waals surface area (Å²) in [5.74, 6) is -0.394. The first-order valence-electron chi connectivity index (χ1n) is 11.3. The lowest BCUT2D eigenvalue weighted by Crippen LogP contribution is -2.29. The SMILES string of the molecule is Cc1cc(NC(=O)COC(=O)c2c3c(nc4ccccc24)CCC(C(C)(C)C)C3)ccc1Br. The summed E-state index contributed by atoms with van der Waals surface area (Å²) >= 11 is 3.45. The summed E-state index contributed by atoms with van der Waals surface area (Å²) in [6.07, 6.45) is 2.67. The van der Waals surface area contributed by atoms with Crippen LogP contribution in [-0.4, -0.2) is 23.5 Å². The predicted octanol–water partition coefficient (Wildman–Crippen LogP) is 6.25. The molecule has 1 unspecified atom stereocenters. The number of hydrogen-bond acceptors (Lipinski definition) is 4. The first-order chi connectivity index (χ1) is 15.6. The summed E-state index contributed by atoms with van der Waals surface area (Å²) in [7, 11) is 0. The molecule has 4 rings (SSSR count). The van der Waals surface area contributed by atoms with Crippen molar-refractivity contribution in [2.75, 3.05) is 11.9 Å². The number of pyridine rings is 1. The molecule has 172 valence electrons. The smallest absolute Gasteiger partial charge is 0.339 e. The van der Waals surface area contributed by atoms with E-state index < -0.39 is 5.97 Å². The maximum absolute atomic E-state index is 13.3. The molecule has 33 heavy (non-hydrogen) atoms. The molecule has 1 aliphatic carbocycles. The van der Waals surface area contributed by atoms with E-state index in [0.29, 0.717) is 17.2 Å². The van der Waals surface area contributed by atoms with Crippen molar-refractivity contribution in [3.8, 4) is 0 Å². The second kappa shape index (κ2) is 9.26. The lowest BCUT2D eigenvalue weighted by Gasteiger charge is -2.35. The summed E-state index contributed by atoms with van der Waals surface area (Å²) in [5, 5.41) is 3.57. The Balaban J connectivity index is 1.58. The van der Waals surface area contributed by atoms with Crippen LogP contribution in [-0.2, 0) is 22.4 Å². The van der Waals surface area contributed by atoms with Crippen LogP contribution in [0.1, 0.15) is 54.4 Å². The summed E-state index contributed by atoms with van der Waals surface area (Å²) < 4.78 is 6.49. The number of aromatic nitrogens is 1. The summed E-state index contributed by atoms with van der Waals surface area (Å²) in [5.41, 5.74) is 5.08. The van der Waals surface area contributed by atoms with Crippen LogP contribution in [0.15, 0.2) is 46.9 Å². The highest BCUT2D eigenvalue weighted by molar-refractivity contribution is 9.10. The zero-order valence-electron chi connectivity index (χ0n) is 19.5. The highest BCUT2D eigenvalue weighted by Gasteiger charge is 2.33. The third kappa shape index (κ3) is 5.11. The maximum Gasteiger partial charge on any atom is 0.339 e. The van der Waals surface area contributed by atoms with E-state index in [4.69, 9.17) is 9.72 Å². The minimum Gasteiger partial charge on any atom is -0.452 e. The second-order valence-corrected chi connectivity index (χ2v) is 10.7. The molecule has 1 amide bonds. The molecule has 0 bridgehead atoms. The molecule has 0 saturated heterocycles. The van der Waals surface area contributed by atoms with Gasteiger partial charge in [0.15, 0.2) is 6.61 Å². The molecule has 1 atom stereocenters. The number of hydrogen-bond donors (Lipinski definition) is 1. The van der Waals surface area contributed by atoms with Gasteiger partial charge < -0.3 is 10.1 Å². The van der Waals surface area contributed by atoms with Gasteiger partial charge in [-0.1, -0.05) is 54.9 Å². The number of nitrogens with one attached hydrogen (secondary N) is 1. The number of carbonyl (C=O) groups is 2. The fraction of sp³-hybridized carbons (Fsp3) is 0.370. The van der Waals surface area contributed by atoms with E-state index in [-0.39, 0.29) is 17.9 Å². The Morgan fingerprint density at radius 1 is 1.18 bits per heavy atom. The Hall–Kier alpha value is -2.73. The molecule has 3 aromatic rings. The first kappa shape index (κ1) is 23.4. The normalized spacial score (nSPS) is 15.7. The topological polar surface area (TPSA) is 68.3 Å². The van der Waals surface area contributed by atoms with E-state index in [1.165, 1.54) is 0 Å². The van der Waals surface area contributed by atoms with Gasteiger partial charge in [0.05, 0.1) is 11.1 Å². The van der Waals surface area contributed by atoms with Crippen LogP contribution in [0.3, 0.4) is 0 Å². The fourth-order valence-electron chi connectivity index (χ4n) is 4.48. The van der Waals surface area contributed by atoms with Gasteiger partial charge in [-0.2, -0.15) is 0 Å². The average molecular weight is 509 g/mol. The van der Waals surface area contributed by atoms with Gasteiger partial charge in [-0.05, 0) is 72.9 Å². The van der Waals surface area contributed by atoms with Crippen molar-refractivity contribution in [3.05, 3.63) is 69.3 Å². The van der Waals surface area contributed by atoms with E-state index in [2.05, 4.69) is 42.0 Å². The molecule has 1 heterocycles. The maximum atomic E-state index is 13.3. The number of aryl methyl sites for hydroxylation is 2. The number of benzene rings is 2. The van der Waals surface area contributed by atoms with Gasteiger partial charge in [0.25, 0.3) is 5.91 Å². The van der Waals surface area contributed by atoms with Crippen LogP contribution in [0, 0.1) is 18.3 Å². The van der Waals surface area contributed by atoms with Gasteiger partial charge in [0, 0.05) is 21.2 Å². The molecule has 0 saturated carbocycles. The Morgan fingerprint density at radius 2 is 1.94 bits per heavy atom. The molecule has 5 nitrogen and oxygen atoms in total. The molecule has 0 fully saturated rings. The summed E-state index contributed by atoms with van der Waals surface area (Å²) in [6, 6.07) is 13.2. The van der Waals surface area contributed by atoms with Crippen LogP contribution in [0.4, 0.5) is 5.69 Å². The fourth-order valence-corrected chi connectivity index (χ4v) is 4.73. The zero-order chi connectivity index (χ0) is 23.8. The third-order valence-corrected chi connectivity index (χ3v) is 7.35. The number of amides is 1. The van der Waals surface area contributed by atoms with Crippen LogP contribution in [0.25, 0.3) is 10.9 Å². The lowest BCUT2D eigenvalue weighted by molar-refractivity contribution is -0.119. The van der Waals surface area contributed by atoms with E-state index >= 15 is 0 Å². The Kier molecular flexibility index (Phi) is 6.57. The van der Waals surface area contributed by atoms with E-state index in [1.54, 1.807) is 6.07 Å². The molecule has 2 aromatic carbocycles. The zero-order valence-corrected chi connectivity index (χ0v) is 21.1. The molecule has 1 aliphatic rings. The molecule has 6 heteroatoms. The number of ether oxygens (including phenoxy) is 1. The minimum atomic E-state index is -0.471. The monoisotopic (exact) mass is 508 g/mol. The number of carbonyl (C=O) groups excluding carboxylic acids is 2. The molecule has 0 spiro atoms. The molecular weight excluding hydrogens is 480 g/mol. The molecule has 1 N–H and O–H groups in total. The largest absolute Gasteiger partial charge is 0.452 e. The highest BCUT2D eigenvalue weighted by atomic mass is 79.9. The Morgan fingerprint density at radius 3 is 2.67 bits per heavy atom. The van der Waals surface area contributed by atoms with Crippen molar-refractivity contribution in [2.24, 2.45) is 11.3 Å². The predicted molar refractivity (Wildman–Crippen MR) is 135 cm³/mol. The van der Waals surface area contributed by atoms with Crippen molar-refractivity contribution >= 4 is 44.4 Å². The van der Waals surface area contributed by atoms with E-state index in [1.807, 2.05) is 43.3 Å². The van der Waals surface area contributed by atoms with Gasteiger partial charge in [-0.15, -0.1) is 0 Å². The number of fused-ring (bicyclic) bond motifs is 2. The number of halogens is 1. The number of nitrogens with zero attached hydrogens (tertiary/aromatic N) is 1. The van der Waals surface area contributed by atoms with E-state index in [9.17, 15) is 9.59 Å². The number of rotatable bonds is 4. The van der Waals surface area contributed by atoms with Crippen molar-refractivity contribution in [1.29, 1.82) is 0 Å². The molecule has 0 radical (unpaired) electrons. The van der Waals surface area contributed by atoms with Crippen molar-refractivity contribution < 1.29 is 14.3 Å². The van der Waals surface area contributed by atoms with Gasteiger partial charge >= 0.3 is 5.97 Å². The third-order valence-electron chi connectivity index (χ3n) is 6.46. The second-order valence-electron chi connectivity index (χ2n) is 9.82. The van der Waals surface area contributed by atoms with Crippen LogP contribution < -0.4 is 5.32 Å². The van der Waals surface area contributed by atoms with Crippen molar-refractivity contribution in [1.82, 2.24) is 4.98 Å². The summed E-state index contributed by atoms with van der Waals surface area (Å²) in [6.45, 7) is 8.32. The highest BCUT2D eigenvalue weighted by Crippen LogP contribution is 2.39. The molecule has 1 aromatic heterocycles. The summed E-state index contributed by atoms with van der Waals surface area (Å²) in [4.78, 5) is 30.6. The van der Waals surface area contributed by atoms with Gasteiger partial charge in [0.1, 0.15) is 0 Å². The number of esters is 1. The number of anilines is 1. The van der Waals surface area contributed by atoms with Crippen LogP contribution in [0.2, 0.25) is 0 Å².